The summed E-state index contributed by atoms with van der Waals surface area (Å²) in [5.41, 5.74) is 0. The van der Waals surface area contributed by atoms with Gasteiger partial charge in [0.2, 0.25) is 0 Å². The lowest BCUT2D eigenvalue weighted by atomic mass is 10.2. The highest BCUT2D eigenvalue weighted by molar-refractivity contribution is 5.75. The first-order chi connectivity index (χ1) is 6.63. The molecule has 0 aliphatic carbocycles. The zero-order chi connectivity index (χ0) is 10.8. The molecule has 82 valence electrons. The Hall–Kier alpha value is -1.26. The summed E-state index contributed by atoms with van der Waals surface area (Å²) in [5, 5.41) is 20.6. The number of hydrogen-bond donors (Lipinski definition) is 4. The summed E-state index contributed by atoms with van der Waals surface area (Å²) < 4.78 is 0. The van der Waals surface area contributed by atoms with E-state index in [1.165, 1.54) is 0 Å². The largest absolute Gasteiger partial charge is 0.465 e. The molecule has 0 aromatic heterocycles. The number of carboxylic acid groups (broad SMARTS) is 1. The molecule has 5 heteroatoms. The highest BCUT2D eigenvalue weighted by Gasteiger charge is 1.93. The second-order valence-corrected chi connectivity index (χ2v) is 3.20. The molecule has 1 amide bonds. The van der Waals surface area contributed by atoms with E-state index in [1.807, 2.05) is 0 Å². The van der Waals surface area contributed by atoms with Gasteiger partial charge in [-0.25, -0.2) is 4.79 Å². The van der Waals surface area contributed by atoms with Crippen LogP contribution in [0.1, 0.15) is 32.6 Å². The second-order valence-electron chi connectivity index (χ2n) is 3.20. The van der Waals surface area contributed by atoms with Crippen LogP contribution >= 0.6 is 0 Å². The monoisotopic (exact) mass is 201 g/mol. The lowest BCUT2D eigenvalue weighted by Gasteiger charge is -2.03. The Bertz CT molecular complexity index is 163. The van der Waals surface area contributed by atoms with Crippen LogP contribution in [0.3, 0.4) is 0 Å². The van der Waals surface area contributed by atoms with Gasteiger partial charge in [-0.1, -0.05) is 12.8 Å². The molecule has 0 aromatic rings. The number of rotatable bonds is 7. The lowest BCUT2D eigenvalue weighted by Crippen LogP contribution is -2.22. The SMILES string of the molecule is CC(=N)NCCCCCCNC(=O)O. The molecule has 0 radical (unpaired) electrons. The number of unbranched alkanes of at least 4 members (excludes halogenated alkanes) is 3. The Balaban J connectivity index is 2.99. The van der Waals surface area contributed by atoms with Crippen LogP contribution < -0.4 is 10.6 Å². The molecule has 14 heavy (non-hydrogen) atoms. The van der Waals surface area contributed by atoms with Gasteiger partial charge >= 0.3 is 6.09 Å². The molecule has 0 aliphatic rings. The number of hydrogen-bond acceptors (Lipinski definition) is 2. The average Bonchev–Trinajstić information content (AvgIpc) is 2.08. The van der Waals surface area contributed by atoms with Gasteiger partial charge in [0.15, 0.2) is 0 Å². The fraction of sp³-hybridized carbons (Fsp3) is 0.778. The minimum absolute atomic E-state index is 0.498. The maximum atomic E-state index is 10.1. The van der Waals surface area contributed by atoms with Crippen LogP contribution in [0.25, 0.3) is 0 Å². The van der Waals surface area contributed by atoms with Crippen LogP contribution in [0.2, 0.25) is 0 Å². The quantitative estimate of drug-likeness (QED) is 0.285. The molecule has 0 fully saturated rings. The van der Waals surface area contributed by atoms with Crippen molar-refractivity contribution in [3.05, 3.63) is 0 Å². The number of carbonyl (C=O) groups is 1. The molecule has 0 saturated heterocycles. The summed E-state index contributed by atoms with van der Waals surface area (Å²) in [5.74, 6) is 0.498. The molecule has 0 saturated carbocycles. The lowest BCUT2D eigenvalue weighted by molar-refractivity contribution is 0.194. The van der Waals surface area contributed by atoms with Crippen LogP contribution in [0.4, 0.5) is 4.79 Å². The van der Waals surface area contributed by atoms with Crippen molar-refractivity contribution in [1.82, 2.24) is 10.6 Å². The van der Waals surface area contributed by atoms with E-state index in [2.05, 4.69) is 10.6 Å². The molecule has 0 bridgehead atoms. The first-order valence-corrected chi connectivity index (χ1v) is 4.88. The van der Waals surface area contributed by atoms with Crippen LogP contribution in [0, 0.1) is 5.41 Å². The van der Waals surface area contributed by atoms with Gasteiger partial charge in [0, 0.05) is 13.1 Å². The topological polar surface area (TPSA) is 85.2 Å². The number of amides is 1. The summed E-state index contributed by atoms with van der Waals surface area (Å²) in [7, 11) is 0. The molecule has 0 atom stereocenters. The molecule has 0 aliphatic heterocycles. The van der Waals surface area contributed by atoms with Gasteiger partial charge in [-0.15, -0.1) is 0 Å². The third-order valence-electron chi connectivity index (χ3n) is 1.77. The van der Waals surface area contributed by atoms with Crippen molar-refractivity contribution in [2.24, 2.45) is 0 Å². The van der Waals surface area contributed by atoms with E-state index in [0.29, 0.717) is 12.4 Å². The van der Waals surface area contributed by atoms with E-state index in [1.54, 1.807) is 6.92 Å². The van der Waals surface area contributed by atoms with E-state index < -0.39 is 6.09 Å². The van der Waals surface area contributed by atoms with Gasteiger partial charge in [0.25, 0.3) is 0 Å². The van der Waals surface area contributed by atoms with E-state index in [0.717, 1.165) is 32.2 Å². The summed E-state index contributed by atoms with van der Waals surface area (Å²) in [4.78, 5) is 10.1. The molecule has 5 nitrogen and oxygen atoms in total. The van der Waals surface area contributed by atoms with Crippen molar-refractivity contribution in [2.45, 2.75) is 32.6 Å². The molecule has 4 N–H and O–H groups in total. The minimum atomic E-state index is -0.953. The minimum Gasteiger partial charge on any atom is -0.465 e. The van der Waals surface area contributed by atoms with Gasteiger partial charge < -0.3 is 15.7 Å². The summed E-state index contributed by atoms with van der Waals surface area (Å²) in [6.45, 7) is 3.09. The molecular weight excluding hydrogens is 182 g/mol. The van der Waals surface area contributed by atoms with Gasteiger partial charge in [0.1, 0.15) is 0 Å². The molecule has 0 heterocycles. The van der Waals surface area contributed by atoms with Gasteiger partial charge in [-0.05, 0) is 19.8 Å². The van der Waals surface area contributed by atoms with Crippen molar-refractivity contribution in [2.75, 3.05) is 13.1 Å². The Labute approximate surface area is 84.4 Å². The smallest absolute Gasteiger partial charge is 0.404 e. The van der Waals surface area contributed by atoms with Crippen LogP contribution in [0.5, 0.6) is 0 Å². The second kappa shape index (κ2) is 8.34. The fourth-order valence-corrected chi connectivity index (χ4v) is 1.07. The Morgan fingerprint density at radius 3 is 2.07 bits per heavy atom. The van der Waals surface area contributed by atoms with Crippen LogP contribution in [-0.2, 0) is 0 Å². The molecule has 0 rings (SSSR count). The fourth-order valence-electron chi connectivity index (χ4n) is 1.07. The van der Waals surface area contributed by atoms with Gasteiger partial charge in [0.05, 0.1) is 5.84 Å². The van der Waals surface area contributed by atoms with Crippen molar-refractivity contribution in [1.29, 1.82) is 5.41 Å². The van der Waals surface area contributed by atoms with E-state index >= 15 is 0 Å². The van der Waals surface area contributed by atoms with Crippen molar-refractivity contribution in [3.63, 3.8) is 0 Å². The Kier molecular flexibility index (Phi) is 7.59. The maximum absolute atomic E-state index is 10.1. The Morgan fingerprint density at radius 2 is 1.64 bits per heavy atom. The van der Waals surface area contributed by atoms with E-state index in [9.17, 15) is 4.79 Å². The first-order valence-electron chi connectivity index (χ1n) is 4.88. The predicted octanol–water partition coefficient (Wildman–Crippen LogP) is 1.40. The maximum Gasteiger partial charge on any atom is 0.404 e. The standard InChI is InChI=1S/C9H19N3O2/c1-8(10)11-6-4-2-3-5-7-12-9(13)14/h12H,2-7H2,1H3,(H2,10,11)(H,13,14). The zero-order valence-electron chi connectivity index (χ0n) is 8.60. The highest BCUT2D eigenvalue weighted by Crippen LogP contribution is 1.97. The van der Waals surface area contributed by atoms with Crippen LogP contribution in [0.15, 0.2) is 0 Å². The average molecular weight is 201 g/mol. The molecular formula is C9H19N3O2. The Morgan fingerprint density at radius 1 is 1.14 bits per heavy atom. The van der Waals surface area contributed by atoms with Crippen LogP contribution in [-0.4, -0.2) is 30.1 Å². The predicted molar refractivity (Wildman–Crippen MR) is 55.9 cm³/mol. The zero-order valence-corrected chi connectivity index (χ0v) is 8.60. The van der Waals surface area contributed by atoms with Crippen molar-refractivity contribution < 1.29 is 9.90 Å². The summed E-state index contributed by atoms with van der Waals surface area (Å²) >= 11 is 0. The third-order valence-corrected chi connectivity index (χ3v) is 1.77. The van der Waals surface area contributed by atoms with Crippen molar-refractivity contribution in [3.8, 4) is 0 Å². The molecule has 0 aromatic carbocycles. The first kappa shape index (κ1) is 12.7. The van der Waals surface area contributed by atoms with E-state index in [-0.39, 0.29) is 0 Å². The summed E-state index contributed by atoms with van der Waals surface area (Å²) in [6, 6.07) is 0. The summed E-state index contributed by atoms with van der Waals surface area (Å²) in [6.07, 6.45) is 3.06. The number of nitrogens with one attached hydrogen (secondary N) is 3. The normalized spacial score (nSPS) is 9.50. The van der Waals surface area contributed by atoms with Crippen molar-refractivity contribution >= 4 is 11.9 Å². The van der Waals surface area contributed by atoms with Gasteiger partial charge in [-0.2, -0.15) is 0 Å². The van der Waals surface area contributed by atoms with Gasteiger partial charge in [-0.3, -0.25) is 5.41 Å². The van der Waals surface area contributed by atoms with E-state index in [4.69, 9.17) is 10.5 Å². The highest BCUT2D eigenvalue weighted by atomic mass is 16.4. The molecule has 0 unspecified atom stereocenters. The third kappa shape index (κ3) is 10.7. The molecule has 0 spiro atoms. The number of amidine groups is 1.